The molecule has 17 heavy (non-hydrogen) atoms. The SMILES string of the molecule is CC(C)CC1=NCC[SH]1c1cc(C#N)nn1C. The normalized spacial score (nSPS) is 21.6. The van der Waals surface area contributed by atoms with E-state index in [0.717, 1.165) is 18.7 Å². The molecule has 1 aliphatic heterocycles. The highest BCUT2D eigenvalue weighted by atomic mass is 32.2. The third-order valence-corrected chi connectivity index (χ3v) is 5.33. The fraction of sp³-hybridized carbons (Fsp3) is 0.583. The predicted octanol–water partition coefficient (Wildman–Crippen LogP) is 2.11. The second-order valence-corrected chi connectivity index (χ2v) is 6.95. The summed E-state index contributed by atoms with van der Waals surface area (Å²) in [6.45, 7) is 5.37. The van der Waals surface area contributed by atoms with Crippen LogP contribution in [0.4, 0.5) is 0 Å². The van der Waals surface area contributed by atoms with Gasteiger partial charge in [-0.15, -0.1) is 0 Å². The van der Waals surface area contributed by atoms with Crippen LogP contribution in [0.15, 0.2) is 16.1 Å². The van der Waals surface area contributed by atoms with Crippen molar-refractivity contribution < 1.29 is 0 Å². The molecule has 4 nitrogen and oxygen atoms in total. The average Bonchev–Trinajstić information content (AvgIpc) is 2.83. The number of aryl methyl sites for hydroxylation is 1. The monoisotopic (exact) mass is 250 g/mol. The molecule has 2 rings (SSSR count). The van der Waals surface area contributed by atoms with Crippen molar-refractivity contribution >= 4 is 15.9 Å². The minimum absolute atomic E-state index is 0.343. The Labute approximate surface area is 105 Å². The number of rotatable bonds is 3. The maximum Gasteiger partial charge on any atom is 0.163 e. The van der Waals surface area contributed by atoms with Gasteiger partial charge in [-0.3, -0.25) is 9.67 Å². The van der Waals surface area contributed by atoms with Crippen LogP contribution in [-0.2, 0) is 7.05 Å². The lowest BCUT2D eigenvalue weighted by Gasteiger charge is -2.18. The van der Waals surface area contributed by atoms with Gasteiger partial charge in [0.15, 0.2) is 5.69 Å². The van der Waals surface area contributed by atoms with Gasteiger partial charge in [0, 0.05) is 25.4 Å². The maximum absolute atomic E-state index is 8.88. The first-order chi connectivity index (χ1) is 8.11. The second kappa shape index (κ2) is 4.92. The van der Waals surface area contributed by atoms with Crippen LogP contribution in [0.25, 0.3) is 0 Å². The third kappa shape index (κ3) is 2.52. The molecule has 0 fully saturated rings. The van der Waals surface area contributed by atoms with Crippen molar-refractivity contribution in [2.24, 2.45) is 18.0 Å². The van der Waals surface area contributed by atoms with Crippen LogP contribution in [0.2, 0.25) is 0 Å². The lowest BCUT2D eigenvalue weighted by Crippen LogP contribution is -2.05. The van der Waals surface area contributed by atoms with Gasteiger partial charge >= 0.3 is 0 Å². The fourth-order valence-electron chi connectivity index (χ4n) is 2.04. The molecule has 0 saturated carbocycles. The molecule has 92 valence electrons. The topological polar surface area (TPSA) is 54.0 Å². The maximum atomic E-state index is 8.88. The Morgan fingerprint density at radius 1 is 1.59 bits per heavy atom. The van der Waals surface area contributed by atoms with Gasteiger partial charge in [0.2, 0.25) is 0 Å². The molecular weight excluding hydrogens is 232 g/mol. The zero-order chi connectivity index (χ0) is 12.4. The molecule has 0 aromatic carbocycles. The van der Waals surface area contributed by atoms with E-state index in [1.807, 2.05) is 17.8 Å². The van der Waals surface area contributed by atoms with Crippen molar-refractivity contribution in [1.82, 2.24) is 9.78 Å². The number of hydrogen-bond donors (Lipinski definition) is 1. The number of aromatic nitrogens is 2. The molecule has 0 spiro atoms. The molecule has 2 heterocycles. The molecule has 0 radical (unpaired) electrons. The van der Waals surface area contributed by atoms with Crippen molar-refractivity contribution in [3.05, 3.63) is 11.8 Å². The van der Waals surface area contributed by atoms with Gasteiger partial charge in [-0.05, 0) is 12.3 Å². The van der Waals surface area contributed by atoms with Crippen LogP contribution in [-0.4, -0.2) is 27.1 Å². The first-order valence-corrected chi connectivity index (χ1v) is 7.39. The van der Waals surface area contributed by atoms with Crippen LogP contribution in [0, 0.1) is 17.2 Å². The molecular formula is C12H18N4S. The van der Waals surface area contributed by atoms with E-state index in [1.165, 1.54) is 10.1 Å². The van der Waals surface area contributed by atoms with Crippen LogP contribution >= 0.6 is 10.9 Å². The fourth-order valence-corrected chi connectivity index (χ4v) is 4.62. The quantitative estimate of drug-likeness (QED) is 0.835. The van der Waals surface area contributed by atoms with E-state index in [-0.39, 0.29) is 10.9 Å². The molecule has 5 heteroatoms. The number of nitrogens with zero attached hydrogens (tertiary/aromatic N) is 4. The van der Waals surface area contributed by atoms with Gasteiger partial charge in [-0.2, -0.15) is 21.3 Å². The van der Waals surface area contributed by atoms with E-state index in [9.17, 15) is 0 Å². The molecule has 0 saturated heterocycles. The molecule has 1 unspecified atom stereocenters. The van der Waals surface area contributed by atoms with Gasteiger partial charge < -0.3 is 0 Å². The van der Waals surface area contributed by atoms with Crippen molar-refractivity contribution in [1.29, 1.82) is 5.26 Å². The molecule has 1 aliphatic rings. The third-order valence-electron chi connectivity index (χ3n) is 2.77. The Kier molecular flexibility index (Phi) is 3.53. The Balaban J connectivity index is 2.25. The van der Waals surface area contributed by atoms with E-state index in [1.54, 1.807) is 0 Å². The van der Waals surface area contributed by atoms with Crippen molar-refractivity contribution in [2.75, 3.05) is 12.3 Å². The highest BCUT2D eigenvalue weighted by Crippen LogP contribution is 2.42. The van der Waals surface area contributed by atoms with Crippen molar-refractivity contribution in [3.8, 4) is 6.07 Å². The van der Waals surface area contributed by atoms with Crippen molar-refractivity contribution in [2.45, 2.75) is 25.3 Å². The molecule has 1 atom stereocenters. The molecule has 1 aromatic rings. The summed E-state index contributed by atoms with van der Waals surface area (Å²) in [4.78, 5) is 4.63. The van der Waals surface area contributed by atoms with E-state index in [0.29, 0.717) is 11.6 Å². The predicted molar refractivity (Wildman–Crippen MR) is 71.8 cm³/mol. The van der Waals surface area contributed by atoms with Crippen molar-refractivity contribution in [3.63, 3.8) is 0 Å². The average molecular weight is 250 g/mol. The summed E-state index contributed by atoms with van der Waals surface area (Å²) in [6.07, 6.45) is 1.07. The molecule has 0 bridgehead atoms. The van der Waals surface area contributed by atoms with E-state index >= 15 is 0 Å². The van der Waals surface area contributed by atoms with E-state index in [2.05, 4.69) is 30.0 Å². The summed E-state index contributed by atoms with van der Waals surface area (Å²) >= 11 is 0. The summed E-state index contributed by atoms with van der Waals surface area (Å²) in [7, 11) is 1.58. The minimum atomic E-state index is -0.343. The smallest absolute Gasteiger partial charge is 0.163 e. The Bertz CT molecular complexity index is 481. The molecule has 0 N–H and O–H groups in total. The lowest BCUT2D eigenvalue weighted by atomic mass is 10.1. The largest absolute Gasteiger partial charge is 0.283 e. The van der Waals surface area contributed by atoms with Gasteiger partial charge in [0.25, 0.3) is 0 Å². The number of hydrogen-bond acceptors (Lipinski definition) is 3. The van der Waals surface area contributed by atoms with Gasteiger partial charge in [-0.1, -0.05) is 13.8 Å². The highest BCUT2D eigenvalue weighted by Gasteiger charge is 2.23. The molecule has 1 aromatic heterocycles. The minimum Gasteiger partial charge on any atom is -0.283 e. The zero-order valence-electron chi connectivity index (χ0n) is 10.5. The zero-order valence-corrected chi connectivity index (χ0v) is 11.4. The summed E-state index contributed by atoms with van der Waals surface area (Å²) in [5.41, 5.74) is 0.515. The van der Waals surface area contributed by atoms with Gasteiger partial charge in [0.1, 0.15) is 6.07 Å². The number of aliphatic imine (C=N–C) groups is 1. The summed E-state index contributed by atoms with van der Waals surface area (Å²) in [5.74, 6) is 1.75. The summed E-state index contributed by atoms with van der Waals surface area (Å²) in [5, 5.41) is 15.6. The molecule has 0 aliphatic carbocycles. The highest BCUT2D eigenvalue weighted by molar-refractivity contribution is 8.30. The van der Waals surface area contributed by atoms with Gasteiger partial charge in [-0.25, -0.2) is 0 Å². The second-order valence-electron chi connectivity index (χ2n) is 4.67. The van der Waals surface area contributed by atoms with E-state index < -0.39 is 0 Å². The Hall–Kier alpha value is -1.28. The van der Waals surface area contributed by atoms with E-state index in [4.69, 9.17) is 5.26 Å². The Morgan fingerprint density at radius 2 is 2.35 bits per heavy atom. The van der Waals surface area contributed by atoms with Crippen LogP contribution < -0.4 is 0 Å². The lowest BCUT2D eigenvalue weighted by molar-refractivity contribution is 0.685. The van der Waals surface area contributed by atoms with Crippen LogP contribution in [0.5, 0.6) is 0 Å². The van der Waals surface area contributed by atoms with Crippen LogP contribution in [0.3, 0.4) is 0 Å². The molecule has 0 amide bonds. The number of thiol groups is 1. The number of nitriles is 1. The van der Waals surface area contributed by atoms with Crippen LogP contribution in [0.1, 0.15) is 26.0 Å². The standard InChI is InChI=1S/C12H18N4S/c1-9(2)6-11-14-4-5-17(11)12-7-10(8-13)15-16(12)3/h7,9,17H,4-6H2,1-3H3. The first kappa shape index (κ1) is 12.2. The summed E-state index contributed by atoms with van der Waals surface area (Å²) in [6, 6.07) is 4.03. The van der Waals surface area contributed by atoms with Gasteiger partial charge in [0.05, 0.1) is 10.1 Å². The summed E-state index contributed by atoms with van der Waals surface area (Å²) < 4.78 is 1.85. The Morgan fingerprint density at radius 3 is 2.94 bits per heavy atom. The first-order valence-electron chi connectivity index (χ1n) is 5.87.